The molecular weight excluding hydrogens is 653 g/mol. The molecule has 0 spiro atoms. The number of rotatable bonds is 15. The lowest BCUT2D eigenvalue weighted by Crippen LogP contribution is -2.47. The lowest BCUT2D eigenvalue weighted by Gasteiger charge is -2.28. The van der Waals surface area contributed by atoms with E-state index in [1.165, 1.54) is 19.1 Å². The number of aromatic nitrogens is 4. The molecule has 1 saturated heterocycles. The number of esters is 1. The van der Waals surface area contributed by atoms with Crippen LogP contribution in [0.1, 0.15) is 52.0 Å². The summed E-state index contributed by atoms with van der Waals surface area (Å²) in [7, 11) is -4.72. The maximum atomic E-state index is 16.5. The van der Waals surface area contributed by atoms with Crippen molar-refractivity contribution in [2.75, 3.05) is 25.6 Å². The molecule has 2 aromatic heterocycles. The minimum atomic E-state index is -4.72. The molecule has 4 N–H and O–H groups in total. The molecular formula is C31H41F2N6O8P. The number of carbonyl (C=O) groups is 1. The molecule has 1 aromatic carbocycles. The highest BCUT2D eigenvalue weighted by molar-refractivity contribution is 7.52. The first kappa shape index (κ1) is 36.9. The number of nitrogens with two attached hydrogens (primary N) is 1. The third-order valence-corrected chi connectivity index (χ3v) is 8.88. The average molecular weight is 695 g/mol. The van der Waals surface area contributed by atoms with Crippen molar-refractivity contribution >= 4 is 36.9 Å². The summed E-state index contributed by atoms with van der Waals surface area (Å²) in [6, 6.07) is 3.63. The number of aliphatic hydroxyl groups excluding tert-OH is 1. The summed E-state index contributed by atoms with van der Waals surface area (Å²) in [5.41, 5.74) is 4.24. The smallest absolute Gasteiger partial charge is 0.459 e. The quantitative estimate of drug-likeness (QED) is 0.110. The van der Waals surface area contributed by atoms with Gasteiger partial charge in [-0.05, 0) is 45.2 Å². The third kappa shape index (κ3) is 7.84. The first-order chi connectivity index (χ1) is 22.5. The number of alkyl halides is 2. The lowest BCUT2D eigenvalue weighted by atomic mass is 9.97. The largest absolute Gasteiger partial charge is 0.476 e. The zero-order valence-corrected chi connectivity index (χ0v) is 28.4. The van der Waals surface area contributed by atoms with Gasteiger partial charge in [0.1, 0.15) is 18.4 Å². The molecule has 0 saturated carbocycles. The van der Waals surface area contributed by atoms with Crippen LogP contribution in [-0.2, 0) is 23.4 Å². The molecule has 0 bridgehead atoms. The van der Waals surface area contributed by atoms with Gasteiger partial charge in [-0.15, -0.1) is 0 Å². The van der Waals surface area contributed by atoms with Gasteiger partial charge in [0, 0.05) is 5.56 Å². The van der Waals surface area contributed by atoms with Gasteiger partial charge in [0.25, 0.3) is 5.85 Å². The van der Waals surface area contributed by atoms with Crippen molar-refractivity contribution in [1.82, 2.24) is 24.6 Å². The highest BCUT2D eigenvalue weighted by Crippen LogP contribution is 2.52. The van der Waals surface area contributed by atoms with Gasteiger partial charge in [-0.2, -0.15) is 15.1 Å². The molecule has 6 atom stereocenters. The number of ether oxygens (including phenoxy) is 3. The van der Waals surface area contributed by atoms with E-state index in [0.717, 1.165) is 23.4 Å². The molecule has 14 nitrogen and oxygen atoms in total. The van der Waals surface area contributed by atoms with Crippen LogP contribution in [0.25, 0.3) is 17.2 Å². The number of nitrogen functional groups attached to an aromatic ring is 1. The first-order valence-electron chi connectivity index (χ1n) is 15.2. The Balaban J connectivity index is 1.66. The maximum Gasteiger partial charge on any atom is 0.459 e. The summed E-state index contributed by atoms with van der Waals surface area (Å²) in [5, 5.41) is 13.4. The Kier molecular flexibility index (Phi) is 11.3. The van der Waals surface area contributed by atoms with Crippen LogP contribution in [0.5, 0.6) is 11.6 Å². The Bertz CT molecular complexity index is 1720. The molecule has 1 aliphatic rings. The predicted octanol–water partition coefficient (Wildman–Crippen LogP) is 4.98. The molecule has 0 aliphatic carbocycles. The zero-order chi connectivity index (χ0) is 35.4. The number of nitrogens with one attached hydrogen (secondary N) is 1. The molecule has 0 amide bonds. The Labute approximate surface area is 276 Å². The van der Waals surface area contributed by atoms with Gasteiger partial charge >= 0.3 is 13.7 Å². The van der Waals surface area contributed by atoms with Crippen molar-refractivity contribution in [3.8, 4) is 11.6 Å². The second-order valence-electron chi connectivity index (χ2n) is 11.8. The summed E-state index contributed by atoms with van der Waals surface area (Å²) in [4.78, 5) is 24.9. The van der Waals surface area contributed by atoms with Crippen molar-refractivity contribution < 1.29 is 46.5 Å². The number of imidazole rings is 1. The van der Waals surface area contributed by atoms with Crippen LogP contribution in [0.3, 0.4) is 0 Å². The second-order valence-corrected chi connectivity index (χ2v) is 13.5. The van der Waals surface area contributed by atoms with E-state index in [-0.39, 0.29) is 47.9 Å². The van der Waals surface area contributed by atoms with Gasteiger partial charge in [0.15, 0.2) is 29.2 Å². The van der Waals surface area contributed by atoms with Crippen LogP contribution in [0.2, 0.25) is 0 Å². The van der Waals surface area contributed by atoms with E-state index in [4.69, 9.17) is 29.0 Å². The van der Waals surface area contributed by atoms with Crippen LogP contribution in [0, 0.1) is 12.8 Å². The van der Waals surface area contributed by atoms with Gasteiger partial charge < -0.3 is 29.6 Å². The number of hydrogen-bond acceptors (Lipinski definition) is 12. The van der Waals surface area contributed by atoms with Gasteiger partial charge in [-0.1, -0.05) is 50.8 Å². The van der Waals surface area contributed by atoms with Crippen LogP contribution in [0.15, 0.2) is 43.3 Å². The van der Waals surface area contributed by atoms with Gasteiger partial charge in [0.2, 0.25) is 11.8 Å². The van der Waals surface area contributed by atoms with Gasteiger partial charge in [-0.3, -0.25) is 13.9 Å². The number of nitrogens with zero attached hydrogens (tertiary/aromatic N) is 4. The van der Waals surface area contributed by atoms with Crippen molar-refractivity contribution in [1.29, 1.82) is 0 Å². The van der Waals surface area contributed by atoms with E-state index < -0.39 is 50.2 Å². The number of allylic oxidation sites excluding steroid dienone is 2. The number of fused-ring (bicyclic) bond motifs is 1. The SMILES string of the molecule is C=CC=Cc1c(C)cccc1OP(=O)(NC(C)C(=O)OCC(C)C)OCC1(F)OC(n2cnc3c(OCC)nc(N)nc32)C(C)(F)C1O. The summed E-state index contributed by atoms with van der Waals surface area (Å²) in [6.07, 6.45) is 1.56. The van der Waals surface area contributed by atoms with Crippen LogP contribution < -0.4 is 20.1 Å². The van der Waals surface area contributed by atoms with Crippen LogP contribution >= 0.6 is 7.75 Å². The number of aryl methyl sites for hydroxylation is 1. The first-order valence-corrected chi connectivity index (χ1v) is 16.7. The minimum absolute atomic E-state index is 0.0105. The van der Waals surface area contributed by atoms with E-state index in [0.29, 0.717) is 5.56 Å². The number of halogens is 2. The van der Waals surface area contributed by atoms with Crippen molar-refractivity contribution in [2.24, 2.45) is 5.92 Å². The van der Waals surface area contributed by atoms with Gasteiger partial charge in [-0.25, -0.2) is 18.3 Å². The molecule has 3 aromatic rings. The molecule has 17 heteroatoms. The Morgan fingerprint density at radius 1 is 1.31 bits per heavy atom. The number of anilines is 1. The third-order valence-electron chi connectivity index (χ3n) is 7.27. The second kappa shape index (κ2) is 14.7. The fourth-order valence-electron chi connectivity index (χ4n) is 4.85. The van der Waals surface area contributed by atoms with Crippen LogP contribution in [0.4, 0.5) is 14.7 Å². The summed E-state index contributed by atoms with van der Waals surface area (Å²) in [5.74, 6) is -4.24. The minimum Gasteiger partial charge on any atom is -0.476 e. The van der Waals surface area contributed by atoms with Crippen molar-refractivity contribution in [2.45, 2.75) is 71.4 Å². The lowest BCUT2D eigenvalue weighted by molar-refractivity contribution is -0.202. The highest BCUT2D eigenvalue weighted by Gasteiger charge is 2.65. The fourth-order valence-corrected chi connectivity index (χ4v) is 6.37. The predicted molar refractivity (Wildman–Crippen MR) is 173 cm³/mol. The van der Waals surface area contributed by atoms with E-state index >= 15 is 8.78 Å². The summed E-state index contributed by atoms with van der Waals surface area (Å²) >= 11 is 0. The molecule has 4 rings (SSSR count). The Hall–Kier alpha value is -3.95. The normalized spacial score (nSPS) is 24.5. The number of carbonyl (C=O) groups excluding carboxylic acids is 1. The highest BCUT2D eigenvalue weighted by atomic mass is 31.2. The fraction of sp³-hybridized carbons (Fsp3) is 0.484. The summed E-state index contributed by atoms with van der Waals surface area (Å²) in [6.45, 7) is 12.1. The number of benzene rings is 1. The molecule has 48 heavy (non-hydrogen) atoms. The maximum absolute atomic E-state index is 16.5. The average Bonchev–Trinajstić information content (AvgIpc) is 3.51. The monoisotopic (exact) mass is 694 g/mol. The molecule has 0 radical (unpaired) electrons. The molecule has 1 fully saturated rings. The Morgan fingerprint density at radius 2 is 2.04 bits per heavy atom. The Morgan fingerprint density at radius 3 is 2.71 bits per heavy atom. The standard InChI is InChI=1S/C31H41F2N6O8P/c1-8-10-13-21-19(5)12-11-14-22(21)47-48(42,38-20(6)26(40)44-15-18(3)4)45-16-31(33)27(41)30(7,32)28(46-31)39-17-35-23-24(39)36-29(34)37-25(23)43-9-2/h8,10-14,17-18,20,27-28,41H,1,9,15-16H2,2-7H3,(H,38,42)(H2,34,36,37). The van der Waals surface area contributed by atoms with Crippen molar-refractivity contribution in [3.63, 3.8) is 0 Å². The summed E-state index contributed by atoms with van der Waals surface area (Å²) < 4.78 is 75.6. The van der Waals surface area contributed by atoms with E-state index in [9.17, 15) is 14.5 Å². The molecule has 6 unspecified atom stereocenters. The van der Waals surface area contributed by atoms with E-state index in [2.05, 4.69) is 26.6 Å². The topological polar surface area (TPSA) is 182 Å². The molecule has 262 valence electrons. The molecule has 1 aliphatic heterocycles. The van der Waals surface area contributed by atoms with E-state index in [1.807, 2.05) is 13.8 Å². The van der Waals surface area contributed by atoms with Crippen molar-refractivity contribution in [3.05, 3.63) is 54.4 Å². The number of hydrogen-bond donors (Lipinski definition) is 3. The van der Waals surface area contributed by atoms with E-state index in [1.54, 1.807) is 38.1 Å². The zero-order valence-electron chi connectivity index (χ0n) is 27.6. The van der Waals surface area contributed by atoms with Crippen LogP contribution in [-0.4, -0.2) is 74.1 Å². The number of aliphatic hydroxyl groups is 1. The molecule has 3 heterocycles. The van der Waals surface area contributed by atoms with Gasteiger partial charge in [0.05, 0.1) is 19.5 Å².